The van der Waals surface area contributed by atoms with E-state index in [1.165, 1.54) is 42.1 Å². The summed E-state index contributed by atoms with van der Waals surface area (Å²) in [5.41, 5.74) is 1.58. The van der Waals surface area contributed by atoms with Crippen LogP contribution in [0.25, 0.3) is 23.4 Å². The van der Waals surface area contributed by atoms with Crippen LogP contribution in [0.2, 0.25) is 0 Å². The van der Waals surface area contributed by atoms with Gasteiger partial charge in [0.1, 0.15) is 17.5 Å². The molecule has 9 heteroatoms. The van der Waals surface area contributed by atoms with Crippen molar-refractivity contribution in [2.75, 3.05) is 11.6 Å². The first kappa shape index (κ1) is 22.1. The Hall–Kier alpha value is -3.59. The highest BCUT2D eigenvalue weighted by molar-refractivity contribution is 7.98. The van der Waals surface area contributed by atoms with Crippen LogP contribution in [0.1, 0.15) is 27.0 Å². The number of anilines is 1. The van der Waals surface area contributed by atoms with Gasteiger partial charge < -0.3 is 10.4 Å². The number of rotatable bonds is 7. The first-order chi connectivity index (χ1) is 14.8. The topological polar surface area (TPSA) is 92.2 Å². The highest BCUT2D eigenvalue weighted by atomic mass is 32.2. The Kier molecular flexibility index (Phi) is 6.76. The van der Waals surface area contributed by atoms with Crippen molar-refractivity contribution >= 4 is 42.1 Å². The van der Waals surface area contributed by atoms with Gasteiger partial charge in [0.2, 0.25) is 6.41 Å². The van der Waals surface area contributed by atoms with Crippen molar-refractivity contribution in [1.29, 1.82) is 0 Å². The number of halogens is 2. The Morgan fingerprint density at radius 1 is 1.10 bits per heavy atom. The minimum absolute atomic E-state index is 0.0462. The van der Waals surface area contributed by atoms with Gasteiger partial charge in [-0.05, 0) is 55.2 Å². The lowest BCUT2D eigenvalue weighted by Crippen LogP contribution is -2.06. The van der Waals surface area contributed by atoms with Crippen LogP contribution in [0.5, 0.6) is 0 Å². The van der Waals surface area contributed by atoms with Crippen molar-refractivity contribution in [1.82, 2.24) is 9.97 Å². The molecule has 0 unspecified atom stereocenters. The van der Waals surface area contributed by atoms with Gasteiger partial charge in [0.25, 0.3) is 0 Å². The molecule has 1 heterocycles. The number of carboxylic acid groups (broad SMARTS) is 1. The van der Waals surface area contributed by atoms with Gasteiger partial charge >= 0.3 is 5.97 Å². The highest BCUT2D eigenvalue weighted by Crippen LogP contribution is 2.33. The van der Waals surface area contributed by atoms with E-state index in [1.807, 2.05) is 0 Å². The fraction of sp³-hybridized carbons (Fsp3) is 0.0909. The van der Waals surface area contributed by atoms with Gasteiger partial charge in [0.05, 0.1) is 11.3 Å². The number of benzene rings is 2. The molecule has 1 amide bonds. The van der Waals surface area contributed by atoms with Gasteiger partial charge in [-0.15, -0.1) is 0 Å². The maximum atomic E-state index is 14.1. The van der Waals surface area contributed by atoms with E-state index in [2.05, 4.69) is 15.3 Å². The maximum absolute atomic E-state index is 14.1. The SMILES string of the molecule is CSc1nc(NC=O)c(/C=C\c2c(F)cccc2F)c(-c2cc(C(=O)O)ccc2C)n1. The van der Waals surface area contributed by atoms with E-state index in [-0.39, 0.29) is 22.5 Å². The van der Waals surface area contributed by atoms with Crippen LogP contribution in [0.4, 0.5) is 14.6 Å². The summed E-state index contributed by atoms with van der Waals surface area (Å²) in [4.78, 5) is 31.4. The molecule has 0 spiro atoms. The molecule has 3 aromatic rings. The zero-order chi connectivity index (χ0) is 22.5. The lowest BCUT2D eigenvalue weighted by atomic mass is 9.98. The predicted octanol–water partition coefficient (Wildman–Crippen LogP) is 4.89. The third-order valence-corrected chi connectivity index (χ3v) is 5.01. The Labute approximate surface area is 181 Å². The summed E-state index contributed by atoms with van der Waals surface area (Å²) in [5.74, 6) is -2.50. The average molecular weight is 441 g/mol. The number of thioether (sulfide) groups is 1. The molecule has 0 bridgehead atoms. The third kappa shape index (κ3) is 4.77. The van der Waals surface area contributed by atoms with Crippen molar-refractivity contribution in [3.05, 3.63) is 70.3 Å². The number of nitrogens with one attached hydrogen (secondary N) is 1. The van der Waals surface area contributed by atoms with Crippen molar-refractivity contribution in [3.63, 3.8) is 0 Å². The summed E-state index contributed by atoms with van der Waals surface area (Å²) in [7, 11) is 0. The lowest BCUT2D eigenvalue weighted by Gasteiger charge is -2.14. The average Bonchev–Trinajstić information content (AvgIpc) is 2.74. The minimum Gasteiger partial charge on any atom is -0.478 e. The standard InChI is InChI=1S/C22H17F2N3O3S/c1-12-6-7-13(21(29)30)10-16(12)19-15(20(25-11-28)27-22(26-19)31-2)9-8-14-17(23)4-3-5-18(14)24/h3-11H,1-2H3,(H,29,30)(H,25,26,27,28)/b9-8-. The van der Waals surface area contributed by atoms with E-state index < -0.39 is 17.6 Å². The fourth-order valence-electron chi connectivity index (χ4n) is 2.92. The second-order valence-corrected chi connectivity index (χ2v) is 7.16. The Balaban J connectivity index is 2.29. The molecule has 0 aliphatic rings. The fourth-order valence-corrected chi connectivity index (χ4v) is 3.28. The van der Waals surface area contributed by atoms with Crippen LogP contribution in [0.15, 0.2) is 41.6 Å². The molecule has 3 rings (SSSR count). The number of carbonyl (C=O) groups excluding carboxylic acids is 1. The predicted molar refractivity (Wildman–Crippen MR) is 116 cm³/mol. The molecule has 0 aliphatic carbocycles. The molecular weight excluding hydrogens is 424 g/mol. The summed E-state index contributed by atoms with van der Waals surface area (Å²) < 4.78 is 28.2. The first-order valence-electron chi connectivity index (χ1n) is 8.98. The molecule has 0 atom stereocenters. The number of hydrogen-bond donors (Lipinski definition) is 2. The van der Waals surface area contributed by atoms with E-state index in [9.17, 15) is 23.5 Å². The number of carboxylic acids is 1. The van der Waals surface area contributed by atoms with Gasteiger partial charge in [0, 0.05) is 16.7 Å². The lowest BCUT2D eigenvalue weighted by molar-refractivity contribution is -0.105. The van der Waals surface area contributed by atoms with Gasteiger partial charge in [-0.1, -0.05) is 23.9 Å². The minimum atomic E-state index is -1.11. The second kappa shape index (κ2) is 9.48. The number of aromatic carboxylic acids is 1. The van der Waals surface area contributed by atoms with Crippen molar-refractivity contribution in [2.24, 2.45) is 0 Å². The van der Waals surface area contributed by atoms with E-state index in [1.54, 1.807) is 19.2 Å². The molecular formula is C22H17F2N3O3S. The summed E-state index contributed by atoms with van der Waals surface area (Å²) >= 11 is 1.22. The number of aromatic nitrogens is 2. The van der Waals surface area contributed by atoms with E-state index in [0.29, 0.717) is 22.8 Å². The molecule has 0 saturated heterocycles. The Bertz CT molecular complexity index is 1180. The summed E-state index contributed by atoms with van der Waals surface area (Å²) in [6, 6.07) is 8.06. The smallest absolute Gasteiger partial charge is 0.335 e. The van der Waals surface area contributed by atoms with Gasteiger partial charge in [-0.25, -0.2) is 23.5 Å². The van der Waals surface area contributed by atoms with Crippen LogP contribution in [0.3, 0.4) is 0 Å². The maximum Gasteiger partial charge on any atom is 0.335 e. The molecule has 31 heavy (non-hydrogen) atoms. The quantitative estimate of drug-likeness (QED) is 0.308. The molecule has 0 radical (unpaired) electrons. The zero-order valence-electron chi connectivity index (χ0n) is 16.5. The van der Waals surface area contributed by atoms with E-state index >= 15 is 0 Å². The summed E-state index contributed by atoms with van der Waals surface area (Å²) in [5, 5.41) is 12.2. The van der Waals surface area contributed by atoms with Crippen molar-refractivity contribution in [3.8, 4) is 11.3 Å². The monoisotopic (exact) mass is 441 g/mol. The van der Waals surface area contributed by atoms with E-state index in [4.69, 9.17) is 0 Å². The normalized spacial score (nSPS) is 11.0. The molecule has 1 aromatic heterocycles. The van der Waals surface area contributed by atoms with Crippen LogP contribution in [-0.2, 0) is 4.79 Å². The summed E-state index contributed by atoms with van der Waals surface area (Å²) in [6.45, 7) is 1.78. The molecule has 0 saturated carbocycles. The van der Waals surface area contributed by atoms with E-state index in [0.717, 1.165) is 17.7 Å². The zero-order valence-corrected chi connectivity index (χ0v) is 17.3. The molecule has 2 N–H and O–H groups in total. The Morgan fingerprint density at radius 2 is 1.77 bits per heavy atom. The third-order valence-electron chi connectivity index (χ3n) is 4.46. The Morgan fingerprint density at radius 3 is 2.39 bits per heavy atom. The van der Waals surface area contributed by atoms with Crippen molar-refractivity contribution < 1.29 is 23.5 Å². The highest BCUT2D eigenvalue weighted by Gasteiger charge is 2.18. The number of aryl methyl sites for hydroxylation is 1. The van der Waals surface area contributed by atoms with Crippen molar-refractivity contribution in [2.45, 2.75) is 12.1 Å². The largest absolute Gasteiger partial charge is 0.478 e. The van der Waals surface area contributed by atoms with Crippen LogP contribution in [0, 0.1) is 18.6 Å². The first-order valence-corrected chi connectivity index (χ1v) is 10.2. The number of hydrogen-bond acceptors (Lipinski definition) is 5. The number of nitrogens with zero attached hydrogens (tertiary/aromatic N) is 2. The van der Waals surface area contributed by atoms with Crippen LogP contribution in [-0.4, -0.2) is 33.7 Å². The second-order valence-electron chi connectivity index (χ2n) is 6.39. The molecule has 0 aliphatic heterocycles. The number of carbonyl (C=O) groups is 2. The molecule has 0 fully saturated rings. The summed E-state index contributed by atoms with van der Waals surface area (Å²) in [6.07, 6.45) is 4.78. The molecule has 2 aromatic carbocycles. The molecule has 158 valence electrons. The van der Waals surface area contributed by atoms with Crippen LogP contribution >= 0.6 is 11.8 Å². The van der Waals surface area contributed by atoms with Crippen LogP contribution < -0.4 is 5.32 Å². The number of amides is 1. The molecule has 6 nitrogen and oxygen atoms in total. The van der Waals surface area contributed by atoms with Gasteiger partial charge in [0.15, 0.2) is 5.16 Å². The van der Waals surface area contributed by atoms with Gasteiger partial charge in [-0.2, -0.15) is 0 Å². The van der Waals surface area contributed by atoms with Gasteiger partial charge in [-0.3, -0.25) is 4.79 Å².